The van der Waals surface area contributed by atoms with Crippen LogP contribution in [0.5, 0.6) is 0 Å². The molecule has 0 saturated carbocycles. The van der Waals surface area contributed by atoms with Gasteiger partial charge in [0.1, 0.15) is 6.61 Å². The number of hydrogen-bond acceptors (Lipinski definition) is 3. The Morgan fingerprint density at radius 2 is 2.06 bits per heavy atom. The van der Waals surface area contributed by atoms with Gasteiger partial charge in [-0.25, -0.2) is 0 Å². The first-order chi connectivity index (χ1) is 7.88. The number of halogens is 3. The lowest BCUT2D eigenvalue weighted by molar-refractivity contribution is -0.174. The molecule has 1 aliphatic rings. The molecule has 1 rings (SSSR count). The first kappa shape index (κ1) is 14.7. The van der Waals surface area contributed by atoms with E-state index in [0.29, 0.717) is 18.5 Å². The van der Waals surface area contributed by atoms with Gasteiger partial charge in [0.25, 0.3) is 0 Å². The first-order valence-corrected chi connectivity index (χ1v) is 6.00. The van der Waals surface area contributed by atoms with Crippen LogP contribution < -0.4 is 5.32 Å². The molecule has 1 fully saturated rings. The molecular formula is C11H21F3N2O. The molecule has 0 bridgehead atoms. The molecule has 17 heavy (non-hydrogen) atoms. The maximum absolute atomic E-state index is 11.8. The van der Waals surface area contributed by atoms with Gasteiger partial charge in [-0.05, 0) is 20.3 Å². The molecule has 0 aliphatic carbocycles. The summed E-state index contributed by atoms with van der Waals surface area (Å²) in [7, 11) is 0. The molecule has 0 aromatic carbocycles. The van der Waals surface area contributed by atoms with Gasteiger partial charge in [-0.2, -0.15) is 13.2 Å². The summed E-state index contributed by atoms with van der Waals surface area (Å²) in [5.41, 5.74) is 0. The Kier molecular flexibility index (Phi) is 5.69. The van der Waals surface area contributed by atoms with Crippen LogP contribution in [0.4, 0.5) is 13.2 Å². The predicted molar refractivity (Wildman–Crippen MR) is 60.0 cm³/mol. The summed E-state index contributed by atoms with van der Waals surface area (Å²) >= 11 is 0. The molecule has 0 spiro atoms. The molecule has 3 nitrogen and oxygen atoms in total. The fourth-order valence-corrected chi connectivity index (χ4v) is 1.97. The van der Waals surface area contributed by atoms with Crippen molar-refractivity contribution in [2.45, 2.75) is 38.5 Å². The van der Waals surface area contributed by atoms with E-state index in [0.717, 1.165) is 19.6 Å². The third-order valence-corrected chi connectivity index (χ3v) is 2.89. The minimum atomic E-state index is -4.21. The van der Waals surface area contributed by atoms with Gasteiger partial charge in [0, 0.05) is 38.3 Å². The van der Waals surface area contributed by atoms with E-state index in [1.807, 2.05) is 0 Å². The number of ether oxygens (including phenoxy) is 1. The zero-order valence-corrected chi connectivity index (χ0v) is 10.4. The van der Waals surface area contributed by atoms with Crippen LogP contribution in [0.2, 0.25) is 0 Å². The number of nitrogens with one attached hydrogen (secondary N) is 1. The standard InChI is InChI=1S/C11H21F3N2O/c1-9-7-16(10(2)6-15-9)4-3-5-17-8-11(12,13)14/h9-10,15H,3-8H2,1-2H3. The van der Waals surface area contributed by atoms with Crippen molar-refractivity contribution in [3.63, 3.8) is 0 Å². The summed E-state index contributed by atoms with van der Waals surface area (Å²) in [6, 6.07) is 0.885. The summed E-state index contributed by atoms with van der Waals surface area (Å²) in [6.45, 7) is 5.94. The Balaban J connectivity index is 2.09. The summed E-state index contributed by atoms with van der Waals surface area (Å²) in [6.07, 6.45) is -3.57. The van der Waals surface area contributed by atoms with Gasteiger partial charge in [-0.15, -0.1) is 0 Å². The van der Waals surface area contributed by atoms with E-state index in [1.54, 1.807) is 0 Å². The lowest BCUT2D eigenvalue weighted by Crippen LogP contribution is -2.54. The van der Waals surface area contributed by atoms with E-state index in [4.69, 9.17) is 0 Å². The topological polar surface area (TPSA) is 24.5 Å². The fourth-order valence-electron chi connectivity index (χ4n) is 1.97. The lowest BCUT2D eigenvalue weighted by Gasteiger charge is -2.37. The second-order valence-electron chi connectivity index (χ2n) is 4.67. The maximum atomic E-state index is 11.8. The molecule has 2 unspecified atom stereocenters. The highest BCUT2D eigenvalue weighted by Gasteiger charge is 2.27. The van der Waals surface area contributed by atoms with Crippen molar-refractivity contribution in [3.05, 3.63) is 0 Å². The second-order valence-corrected chi connectivity index (χ2v) is 4.67. The van der Waals surface area contributed by atoms with Crippen LogP contribution in [-0.4, -0.2) is 56.0 Å². The normalized spacial score (nSPS) is 27.4. The van der Waals surface area contributed by atoms with Crippen LogP contribution in [-0.2, 0) is 4.74 Å². The van der Waals surface area contributed by atoms with Gasteiger partial charge in [0.15, 0.2) is 0 Å². The van der Waals surface area contributed by atoms with Crippen LogP contribution >= 0.6 is 0 Å². The minimum Gasteiger partial charge on any atom is -0.372 e. The maximum Gasteiger partial charge on any atom is 0.411 e. The van der Waals surface area contributed by atoms with Crippen LogP contribution in [0.15, 0.2) is 0 Å². The first-order valence-electron chi connectivity index (χ1n) is 6.00. The molecular weight excluding hydrogens is 233 g/mol. The van der Waals surface area contributed by atoms with Gasteiger partial charge < -0.3 is 10.1 Å². The summed E-state index contributed by atoms with van der Waals surface area (Å²) in [5.74, 6) is 0. The van der Waals surface area contributed by atoms with Crippen molar-refractivity contribution >= 4 is 0 Å². The van der Waals surface area contributed by atoms with Crippen molar-refractivity contribution in [1.29, 1.82) is 0 Å². The van der Waals surface area contributed by atoms with Crippen molar-refractivity contribution in [2.75, 3.05) is 32.8 Å². The van der Waals surface area contributed by atoms with Crippen molar-refractivity contribution in [2.24, 2.45) is 0 Å². The Bertz CT molecular complexity index is 223. The van der Waals surface area contributed by atoms with Gasteiger partial charge in [-0.3, -0.25) is 4.90 Å². The average molecular weight is 254 g/mol. The van der Waals surface area contributed by atoms with Crippen molar-refractivity contribution in [1.82, 2.24) is 10.2 Å². The van der Waals surface area contributed by atoms with Gasteiger partial charge in [0.05, 0.1) is 0 Å². The monoisotopic (exact) mass is 254 g/mol. The fraction of sp³-hybridized carbons (Fsp3) is 1.00. The van der Waals surface area contributed by atoms with E-state index in [2.05, 4.69) is 28.8 Å². The van der Waals surface area contributed by atoms with Crippen LogP contribution in [0.3, 0.4) is 0 Å². The van der Waals surface area contributed by atoms with E-state index in [1.165, 1.54) is 0 Å². The third-order valence-electron chi connectivity index (χ3n) is 2.89. The number of hydrogen-bond donors (Lipinski definition) is 1. The van der Waals surface area contributed by atoms with Gasteiger partial charge >= 0.3 is 6.18 Å². The Labute approximate surface area is 100 Å². The highest BCUT2D eigenvalue weighted by molar-refractivity contribution is 4.80. The number of piperazine rings is 1. The summed E-state index contributed by atoms with van der Waals surface area (Å²) in [5, 5.41) is 3.36. The minimum absolute atomic E-state index is 0.171. The van der Waals surface area contributed by atoms with E-state index < -0.39 is 12.8 Å². The summed E-state index contributed by atoms with van der Waals surface area (Å²) < 4.78 is 40.0. The van der Waals surface area contributed by atoms with Crippen LogP contribution in [0.25, 0.3) is 0 Å². The third kappa shape index (κ3) is 6.24. The van der Waals surface area contributed by atoms with Gasteiger partial charge in [0.2, 0.25) is 0 Å². The number of rotatable bonds is 5. The molecule has 102 valence electrons. The molecule has 1 saturated heterocycles. The largest absolute Gasteiger partial charge is 0.411 e. The quantitative estimate of drug-likeness (QED) is 0.755. The van der Waals surface area contributed by atoms with Crippen molar-refractivity contribution in [3.8, 4) is 0 Å². The van der Waals surface area contributed by atoms with E-state index in [9.17, 15) is 13.2 Å². The zero-order chi connectivity index (χ0) is 12.9. The van der Waals surface area contributed by atoms with E-state index >= 15 is 0 Å². The van der Waals surface area contributed by atoms with Crippen LogP contribution in [0, 0.1) is 0 Å². The number of nitrogens with zero attached hydrogens (tertiary/aromatic N) is 1. The zero-order valence-electron chi connectivity index (χ0n) is 10.4. The SMILES string of the molecule is CC1CN(CCCOCC(F)(F)F)C(C)CN1. The molecule has 1 heterocycles. The average Bonchev–Trinajstić information content (AvgIpc) is 2.21. The highest BCUT2D eigenvalue weighted by atomic mass is 19.4. The molecule has 0 aromatic rings. The second kappa shape index (κ2) is 6.56. The van der Waals surface area contributed by atoms with Gasteiger partial charge in [-0.1, -0.05) is 0 Å². The molecule has 0 radical (unpaired) electrons. The molecule has 0 aromatic heterocycles. The smallest absolute Gasteiger partial charge is 0.372 e. The number of alkyl halides is 3. The molecule has 6 heteroatoms. The Morgan fingerprint density at radius 1 is 1.35 bits per heavy atom. The Hall–Kier alpha value is -0.330. The van der Waals surface area contributed by atoms with Crippen molar-refractivity contribution < 1.29 is 17.9 Å². The Morgan fingerprint density at radius 3 is 2.71 bits per heavy atom. The molecule has 0 amide bonds. The summed E-state index contributed by atoms with van der Waals surface area (Å²) in [4.78, 5) is 2.29. The molecule has 2 atom stereocenters. The lowest BCUT2D eigenvalue weighted by atomic mass is 10.1. The predicted octanol–water partition coefficient (Wildman–Crippen LogP) is 1.64. The van der Waals surface area contributed by atoms with Crippen LogP contribution in [0.1, 0.15) is 20.3 Å². The highest BCUT2D eigenvalue weighted by Crippen LogP contribution is 2.14. The van der Waals surface area contributed by atoms with E-state index in [-0.39, 0.29) is 6.61 Å². The molecule has 1 aliphatic heterocycles. The molecule has 1 N–H and O–H groups in total.